The molecule has 0 atom stereocenters. The van der Waals surface area contributed by atoms with E-state index in [2.05, 4.69) is 26.2 Å². The third-order valence-electron chi connectivity index (χ3n) is 2.77. The number of pyridine rings is 1. The minimum Gasteiger partial charge on any atom is -0.383 e. The summed E-state index contributed by atoms with van der Waals surface area (Å²) in [5.41, 5.74) is 2.60. The minimum absolute atomic E-state index is 0.112. The lowest BCUT2D eigenvalue weighted by Crippen LogP contribution is -2.26. The van der Waals surface area contributed by atoms with Crippen LogP contribution in [-0.2, 0) is 4.74 Å². The number of carbonyl (C=O) groups is 1. The summed E-state index contributed by atoms with van der Waals surface area (Å²) in [6.07, 6.45) is 3.46. The van der Waals surface area contributed by atoms with Gasteiger partial charge in [-0.3, -0.25) is 9.78 Å². The molecule has 1 N–H and O–H groups in total. The Morgan fingerprint density at radius 2 is 2.00 bits per heavy atom. The van der Waals surface area contributed by atoms with Gasteiger partial charge in [0.2, 0.25) is 0 Å². The van der Waals surface area contributed by atoms with Crippen LogP contribution in [0.25, 0.3) is 11.1 Å². The van der Waals surface area contributed by atoms with Gasteiger partial charge in [0.25, 0.3) is 5.91 Å². The van der Waals surface area contributed by atoms with E-state index < -0.39 is 0 Å². The Kier molecular flexibility index (Phi) is 5.26. The lowest BCUT2D eigenvalue weighted by Gasteiger charge is -2.08. The molecule has 1 amide bonds. The van der Waals surface area contributed by atoms with Crippen LogP contribution in [0.4, 0.5) is 0 Å². The molecule has 104 valence electrons. The molecule has 0 saturated carbocycles. The molecule has 0 bridgehead atoms. The largest absolute Gasteiger partial charge is 0.383 e. The van der Waals surface area contributed by atoms with Crippen LogP contribution in [0, 0.1) is 0 Å². The summed E-state index contributed by atoms with van der Waals surface area (Å²) in [7, 11) is 1.60. The molecule has 0 aliphatic heterocycles. The lowest BCUT2D eigenvalue weighted by atomic mass is 10.0. The molecule has 1 aromatic heterocycles. The highest BCUT2D eigenvalue weighted by Crippen LogP contribution is 2.24. The smallest absolute Gasteiger partial charge is 0.251 e. The van der Waals surface area contributed by atoms with Crippen molar-refractivity contribution in [3.63, 3.8) is 0 Å². The molecule has 0 radical (unpaired) electrons. The van der Waals surface area contributed by atoms with Crippen molar-refractivity contribution < 1.29 is 9.53 Å². The Balaban J connectivity index is 2.23. The second-order valence-electron chi connectivity index (χ2n) is 4.21. The van der Waals surface area contributed by atoms with Crippen LogP contribution in [0.5, 0.6) is 0 Å². The van der Waals surface area contributed by atoms with Crippen LogP contribution in [0.1, 0.15) is 10.4 Å². The van der Waals surface area contributed by atoms with Gasteiger partial charge in [-0.25, -0.2) is 0 Å². The van der Waals surface area contributed by atoms with Crippen molar-refractivity contribution in [1.29, 1.82) is 0 Å². The molecule has 0 saturated heterocycles. The standard InChI is InChI=1S/C15H15BrN2O2/c1-20-7-6-18-15(19)13-8-12(9-14(16)10-13)11-2-4-17-5-3-11/h2-5,8-10H,6-7H2,1H3,(H,18,19). The van der Waals surface area contributed by atoms with Gasteiger partial charge in [0.1, 0.15) is 0 Å². The van der Waals surface area contributed by atoms with Gasteiger partial charge < -0.3 is 10.1 Å². The van der Waals surface area contributed by atoms with Crippen molar-refractivity contribution in [3.8, 4) is 11.1 Å². The fourth-order valence-electron chi connectivity index (χ4n) is 1.80. The van der Waals surface area contributed by atoms with E-state index in [0.29, 0.717) is 18.7 Å². The first-order chi connectivity index (χ1) is 9.70. The summed E-state index contributed by atoms with van der Waals surface area (Å²) in [4.78, 5) is 16.1. The number of rotatable bonds is 5. The first-order valence-corrected chi connectivity index (χ1v) is 6.98. The molecule has 5 heteroatoms. The highest BCUT2D eigenvalue weighted by atomic mass is 79.9. The van der Waals surface area contributed by atoms with Crippen molar-refractivity contribution in [1.82, 2.24) is 10.3 Å². The fourth-order valence-corrected chi connectivity index (χ4v) is 2.29. The molecular weight excluding hydrogens is 320 g/mol. The van der Waals surface area contributed by atoms with Gasteiger partial charge in [-0.1, -0.05) is 15.9 Å². The number of hydrogen-bond acceptors (Lipinski definition) is 3. The first kappa shape index (κ1) is 14.7. The van der Waals surface area contributed by atoms with Crippen LogP contribution in [-0.4, -0.2) is 31.2 Å². The number of amides is 1. The van der Waals surface area contributed by atoms with E-state index in [-0.39, 0.29) is 5.91 Å². The van der Waals surface area contributed by atoms with Gasteiger partial charge in [0, 0.05) is 36.1 Å². The van der Waals surface area contributed by atoms with Crippen LogP contribution >= 0.6 is 15.9 Å². The highest BCUT2D eigenvalue weighted by molar-refractivity contribution is 9.10. The molecule has 0 unspecified atom stereocenters. The second kappa shape index (κ2) is 7.17. The summed E-state index contributed by atoms with van der Waals surface area (Å²) in [5, 5.41) is 2.81. The van der Waals surface area contributed by atoms with E-state index in [0.717, 1.165) is 15.6 Å². The molecule has 20 heavy (non-hydrogen) atoms. The average Bonchev–Trinajstić information content (AvgIpc) is 2.47. The van der Waals surface area contributed by atoms with Crippen molar-refractivity contribution in [3.05, 3.63) is 52.8 Å². The van der Waals surface area contributed by atoms with Gasteiger partial charge in [-0.2, -0.15) is 0 Å². The van der Waals surface area contributed by atoms with Gasteiger partial charge >= 0.3 is 0 Å². The number of benzene rings is 1. The van der Waals surface area contributed by atoms with E-state index >= 15 is 0 Å². The number of nitrogens with one attached hydrogen (secondary N) is 1. The highest BCUT2D eigenvalue weighted by Gasteiger charge is 2.08. The third kappa shape index (κ3) is 3.88. The predicted molar refractivity (Wildman–Crippen MR) is 81.6 cm³/mol. The average molecular weight is 335 g/mol. The number of halogens is 1. The van der Waals surface area contributed by atoms with Crippen molar-refractivity contribution >= 4 is 21.8 Å². The van der Waals surface area contributed by atoms with Crippen LogP contribution in [0.15, 0.2) is 47.2 Å². The molecule has 0 fully saturated rings. The van der Waals surface area contributed by atoms with Crippen molar-refractivity contribution in [2.45, 2.75) is 0 Å². The maximum atomic E-state index is 12.1. The van der Waals surface area contributed by atoms with E-state index in [9.17, 15) is 4.79 Å². The topological polar surface area (TPSA) is 51.2 Å². The summed E-state index contributed by atoms with van der Waals surface area (Å²) >= 11 is 3.44. The van der Waals surface area contributed by atoms with Gasteiger partial charge in [0.15, 0.2) is 0 Å². The maximum absolute atomic E-state index is 12.1. The predicted octanol–water partition coefficient (Wildman–Crippen LogP) is 2.89. The summed E-state index contributed by atoms with van der Waals surface area (Å²) in [6.45, 7) is 0.989. The van der Waals surface area contributed by atoms with E-state index in [1.807, 2.05) is 24.3 Å². The Morgan fingerprint density at radius 1 is 1.25 bits per heavy atom. The normalized spacial score (nSPS) is 10.3. The number of methoxy groups -OCH3 is 1. The minimum atomic E-state index is -0.112. The maximum Gasteiger partial charge on any atom is 0.251 e. The van der Waals surface area contributed by atoms with Crippen LogP contribution < -0.4 is 5.32 Å². The molecule has 4 nitrogen and oxygen atoms in total. The first-order valence-electron chi connectivity index (χ1n) is 6.19. The van der Waals surface area contributed by atoms with E-state index in [1.54, 1.807) is 25.6 Å². The fraction of sp³-hybridized carbons (Fsp3) is 0.200. The zero-order valence-corrected chi connectivity index (χ0v) is 12.7. The zero-order chi connectivity index (χ0) is 14.4. The van der Waals surface area contributed by atoms with E-state index in [1.165, 1.54) is 0 Å². The summed E-state index contributed by atoms with van der Waals surface area (Å²) in [6, 6.07) is 9.46. The number of nitrogens with zero attached hydrogens (tertiary/aromatic N) is 1. The molecule has 2 aromatic rings. The third-order valence-corrected chi connectivity index (χ3v) is 3.22. The Labute approximate surface area is 126 Å². The molecule has 0 aliphatic rings. The molecule has 1 heterocycles. The van der Waals surface area contributed by atoms with Crippen LogP contribution in [0.3, 0.4) is 0 Å². The number of hydrogen-bond donors (Lipinski definition) is 1. The van der Waals surface area contributed by atoms with Gasteiger partial charge in [0.05, 0.1) is 6.61 Å². The number of ether oxygens (including phenoxy) is 1. The van der Waals surface area contributed by atoms with E-state index in [4.69, 9.17) is 4.74 Å². The molecular formula is C15H15BrN2O2. The van der Waals surface area contributed by atoms with Gasteiger partial charge in [-0.15, -0.1) is 0 Å². The number of carbonyl (C=O) groups excluding carboxylic acids is 1. The van der Waals surface area contributed by atoms with Crippen LogP contribution in [0.2, 0.25) is 0 Å². The quantitative estimate of drug-likeness (QED) is 0.855. The zero-order valence-electron chi connectivity index (χ0n) is 11.1. The van der Waals surface area contributed by atoms with Gasteiger partial charge in [-0.05, 0) is 41.5 Å². The Hall–Kier alpha value is -1.72. The molecule has 2 rings (SSSR count). The molecule has 0 aliphatic carbocycles. The Bertz CT molecular complexity index is 588. The summed E-state index contributed by atoms with van der Waals surface area (Å²) < 4.78 is 5.78. The SMILES string of the molecule is COCCNC(=O)c1cc(Br)cc(-c2ccncc2)c1. The second-order valence-corrected chi connectivity index (χ2v) is 5.13. The van der Waals surface area contributed by atoms with Crippen molar-refractivity contribution in [2.75, 3.05) is 20.3 Å². The number of aromatic nitrogens is 1. The lowest BCUT2D eigenvalue weighted by molar-refractivity contribution is 0.0937. The van der Waals surface area contributed by atoms with Crippen molar-refractivity contribution in [2.24, 2.45) is 0 Å². The Morgan fingerprint density at radius 3 is 2.70 bits per heavy atom. The monoisotopic (exact) mass is 334 g/mol. The summed E-state index contributed by atoms with van der Waals surface area (Å²) in [5.74, 6) is -0.112. The molecule has 0 spiro atoms. The molecule has 1 aromatic carbocycles.